The Morgan fingerprint density at radius 2 is 1.20 bits per heavy atom. The minimum atomic E-state index is -1.37. The van der Waals surface area contributed by atoms with Crippen LogP contribution in [0.1, 0.15) is 43.9 Å². The van der Waals surface area contributed by atoms with Crippen LogP contribution >= 0.6 is 0 Å². The Balaban J connectivity index is 1.34. The van der Waals surface area contributed by atoms with Crippen molar-refractivity contribution in [1.29, 1.82) is 0 Å². The zero-order valence-corrected chi connectivity index (χ0v) is 35.7. The Labute approximate surface area is 370 Å². The molecule has 2 aliphatic rings. The summed E-state index contributed by atoms with van der Waals surface area (Å²) in [5.41, 5.74) is 6.29. The van der Waals surface area contributed by atoms with Crippen LogP contribution in [0.2, 0.25) is 0 Å². The van der Waals surface area contributed by atoms with Crippen LogP contribution in [0.25, 0.3) is 0 Å². The molecule has 0 saturated heterocycles. The number of allylic oxidation sites excluding steroid dienone is 2. The van der Waals surface area contributed by atoms with Crippen molar-refractivity contribution in [2.75, 3.05) is 6.54 Å². The third-order valence-electron chi connectivity index (χ3n) is 11.1. The summed E-state index contributed by atoms with van der Waals surface area (Å²) in [5.74, 6) is -5.65. The van der Waals surface area contributed by atoms with Gasteiger partial charge in [-0.15, -0.1) is 5.59 Å². The van der Waals surface area contributed by atoms with Crippen LogP contribution in [0.5, 0.6) is 11.5 Å². The second-order valence-electron chi connectivity index (χ2n) is 16.3. The third-order valence-corrected chi connectivity index (χ3v) is 11.1. The van der Waals surface area contributed by atoms with Gasteiger partial charge in [0.05, 0.1) is 12.1 Å². The number of carboxylic acids is 1. The maximum Gasteiger partial charge on any atom is 0.326 e. The molecule has 64 heavy (non-hydrogen) atoms. The fourth-order valence-corrected chi connectivity index (χ4v) is 7.49. The number of carbonyl (C=O) groups excluding carboxylic acids is 5. The molecule has 12 N–H and O–H groups in total. The van der Waals surface area contributed by atoms with Gasteiger partial charge >= 0.3 is 5.97 Å². The van der Waals surface area contributed by atoms with E-state index in [1.165, 1.54) is 36.4 Å². The van der Waals surface area contributed by atoms with Crippen LogP contribution in [0.3, 0.4) is 0 Å². The number of phenolic OH excluding ortho intramolecular Hbond substituents is 2. The Kier molecular flexibility index (Phi) is 16.8. The first-order chi connectivity index (χ1) is 30.5. The van der Waals surface area contributed by atoms with E-state index in [-0.39, 0.29) is 43.1 Å². The topological polar surface area (TPSA) is 280 Å². The maximum atomic E-state index is 14.4. The van der Waals surface area contributed by atoms with Crippen molar-refractivity contribution >= 4 is 35.5 Å². The van der Waals surface area contributed by atoms with Gasteiger partial charge in [-0.3, -0.25) is 24.0 Å². The highest BCUT2D eigenvalue weighted by Crippen LogP contribution is 2.37. The summed E-state index contributed by atoms with van der Waals surface area (Å²) in [6.45, 7) is 4.78. The SMILES string of the molecule is CC(C)[C@H](NC(=O)[C@H](CC1=CNC2(C)C=CC=CC12)NC(=O)[C@H](Cc1ccccc1)NC(=O)CNC(=O)[C@H](Cc1ccc(O)cc1)NNO)C(=O)N[C@@H](Cc1ccc(O)cc1)C(=O)O. The normalized spacial score (nSPS) is 18.5. The van der Waals surface area contributed by atoms with Crippen LogP contribution in [0, 0.1) is 11.8 Å². The van der Waals surface area contributed by atoms with Crippen molar-refractivity contribution in [1.82, 2.24) is 42.9 Å². The number of hydrogen-bond acceptors (Lipinski definition) is 12. The Bertz CT molecular complexity index is 2210. The van der Waals surface area contributed by atoms with Crippen LogP contribution in [-0.4, -0.2) is 98.3 Å². The highest BCUT2D eigenvalue weighted by molar-refractivity contribution is 5.96. The third kappa shape index (κ3) is 13.5. The molecular weight excluding hydrogens is 825 g/mol. The number of carboxylic acid groups (broad SMARTS) is 1. The highest BCUT2D eigenvalue weighted by atomic mass is 16.5. The van der Waals surface area contributed by atoms with Gasteiger partial charge in [0.1, 0.15) is 41.7 Å². The van der Waals surface area contributed by atoms with E-state index in [4.69, 9.17) is 0 Å². The number of rotatable bonds is 22. The molecule has 340 valence electrons. The van der Waals surface area contributed by atoms with Crippen molar-refractivity contribution in [2.45, 2.75) is 82.2 Å². The molecule has 2 unspecified atom stereocenters. The molecule has 1 aliphatic carbocycles. The molecule has 0 saturated carbocycles. The van der Waals surface area contributed by atoms with Gasteiger partial charge in [0.15, 0.2) is 0 Å². The molecule has 0 aromatic heterocycles. The molecule has 0 bridgehead atoms. The van der Waals surface area contributed by atoms with Gasteiger partial charge in [-0.2, -0.15) is 0 Å². The van der Waals surface area contributed by atoms with Crippen LogP contribution in [0.4, 0.5) is 0 Å². The molecule has 3 aromatic carbocycles. The van der Waals surface area contributed by atoms with Crippen molar-refractivity contribution in [2.24, 2.45) is 11.8 Å². The predicted molar refractivity (Wildman–Crippen MR) is 235 cm³/mol. The van der Waals surface area contributed by atoms with Gasteiger partial charge in [-0.1, -0.05) is 92.7 Å². The monoisotopic (exact) mass is 880 g/mol. The molecular formula is C46H56N8O10. The predicted octanol–water partition coefficient (Wildman–Crippen LogP) is 1.15. The first kappa shape index (κ1) is 48.0. The van der Waals surface area contributed by atoms with Crippen LogP contribution < -0.4 is 42.9 Å². The first-order valence-electron chi connectivity index (χ1n) is 20.8. The second kappa shape index (κ2) is 22.4. The van der Waals surface area contributed by atoms with Gasteiger partial charge in [0, 0.05) is 18.8 Å². The van der Waals surface area contributed by atoms with E-state index in [1.807, 2.05) is 31.2 Å². The summed E-state index contributed by atoms with van der Waals surface area (Å²) in [5, 5.41) is 55.2. The van der Waals surface area contributed by atoms with Gasteiger partial charge < -0.3 is 52.4 Å². The van der Waals surface area contributed by atoms with E-state index in [1.54, 1.807) is 68.1 Å². The average molecular weight is 881 g/mol. The lowest BCUT2D eigenvalue weighted by molar-refractivity contribution is -0.142. The van der Waals surface area contributed by atoms with Crippen LogP contribution in [0.15, 0.2) is 115 Å². The number of amides is 5. The lowest BCUT2D eigenvalue weighted by atomic mass is 9.79. The number of fused-ring (bicyclic) bond motifs is 1. The Hall–Kier alpha value is -7.02. The lowest BCUT2D eigenvalue weighted by Crippen LogP contribution is -2.59. The largest absolute Gasteiger partial charge is 0.508 e. The molecule has 18 nitrogen and oxygen atoms in total. The van der Waals surface area contributed by atoms with E-state index >= 15 is 0 Å². The van der Waals surface area contributed by atoms with E-state index < -0.39 is 83.7 Å². The lowest BCUT2D eigenvalue weighted by Gasteiger charge is -2.32. The number of hydrogen-bond donors (Lipinski definition) is 12. The second-order valence-corrected chi connectivity index (χ2v) is 16.3. The number of hydrazine groups is 1. The quantitative estimate of drug-likeness (QED) is 0.0633. The van der Waals surface area contributed by atoms with E-state index in [0.717, 1.165) is 5.57 Å². The highest BCUT2D eigenvalue weighted by Gasteiger charge is 2.40. The van der Waals surface area contributed by atoms with Crippen molar-refractivity contribution in [3.05, 3.63) is 132 Å². The molecule has 18 heteroatoms. The summed E-state index contributed by atoms with van der Waals surface area (Å²) in [6.07, 6.45) is 9.48. The van der Waals surface area contributed by atoms with Crippen molar-refractivity contribution < 1.29 is 49.3 Å². The van der Waals surface area contributed by atoms with Gasteiger partial charge in [-0.05, 0) is 78.4 Å². The summed E-state index contributed by atoms with van der Waals surface area (Å²) in [7, 11) is 0. The summed E-state index contributed by atoms with van der Waals surface area (Å²) in [4.78, 5) is 81.4. The molecule has 5 rings (SSSR count). The molecule has 0 fully saturated rings. The molecule has 1 heterocycles. The Morgan fingerprint density at radius 3 is 1.80 bits per heavy atom. The number of nitrogens with one attached hydrogen (secondary N) is 8. The molecule has 3 aromatic rings. The summed E-state index contributed by atoms with van der Waals surface area (Å²) < 4.78 is 0. The maximum absolute atomic E-state index is 14.4. The number of phenols is 2. The molecule has 5 amide bonds. The van der Waals surface area contributed by atoms with Crippen molar-refractivity contribution in [3.63, 3.8) is 0 Å². The fraction of sp³-hybridized carbons (Fsp3) is 0.348. The number of benzene rings is 3. The van der Waals surface area contributed by atoms with Gasteiger partial charge in [-0.25, -0.2) is 10.2 Å². The zero-order valence-electron chi connectivity index (χ0n) is 35.7. The zero-order chi connectivity index (χ0) is 46.4. The summed E-state index contributed by atoms with van der Waals surface area (Å²) >= 11 is 0. The average Bonchev–Trinajstić information content (AvgIpc) is 3.60. The molecule has 7 atom stereocenters. The number of aliphatic carboxylic acids is 1. The Morgan fingerprint density at radius 1 is 0.656 bits per heavy atom. The van der Waals surface area contributed by atoms with E-state index in [9.17, 15) is 49.3 Å². The van der Waals surface area contributed by atoms with Gasteiger partial charge in [0.25, 0.3) is 0 Å². The minimum absolute atomic E-state index is 0.00565. The molecule has 0 radical (unpaired) electrons. The molecule has 0 spiro atoms. The number of aromatic hydroxyl groups is 2. The van der Waals surface area contributed by atoms with E-state index in [2.05, 4.69) is 37.3 Å². The summed E-state index contributed by atoms with van der Waals surface area (Å²) in [6, 6.07) is 14.6. The van der Waals surface area contributed by atoms with Gasteiger partial charge in [0.2, 0.25) is 29.5 Å². The number of carbonyl (C=O) groups is 6. The van der Waals surface area contributed by atoms with E-state index in [0.29, 0.717) is 16.7 Å². The first-order valence-corrected chi connectivity index (χ1v) is 20.8. The fourth-order valence-electron chi connectivity index (χ4n) is 7.49. The minimum Gasteiger partial charge on any atom is -0.508 e. The molecule has 1 aliphatic heterocycles. The van der Waals surface area contributed by atoms with Crippen LogP contribution in [-0.2, 0) is 48.0 Å². The van der Waals surface area contributed by atoms with Crippen molar-refractivity contribution in [3.8, 4) is 11.5 Å². The standard InChI is InChI=1S/C46H56N8O10/c1-27(2)40(44(61)51-38(45(62)63)23-30-14-18-33(56)19-15-30)52-43(60)36(24-31-25-48-46(3)20-8-7-11-34(31)46)50-42(59)35(21-28-9-5-4-6-10-28)49-39(57)26-47-41(58)37(53-54-64)22-29-12-16-32(55)17-13-29/h4-20,25,27,34-38,40,48,53-56,64H,21-24,26H2,1-3H3,(H,47,58)(H,49,57)(H,50,59)(H,51,61)(H,52,60)(H,62,63)/t34?,35-,36-,37-,38-,40-,46?/m0/s1. The smallest absolute Gasteiger partial charge is 0.326 e.